The number of carbonyl (C=O) groups excluding carboxylic acids is 2. The van der Waals surface area contributed by atoms with Crippen LogP contribution < -0.4 is 5.32 Å². The number of esters is 1. The first-order valence-corrected chi connectivity index (χ1v) is 7.87. The van der Waals surface area contributed by atoms with Gasteiger partial charge in [-0.05, 0) is 31.2 Å². The molecule has 0 spiro atoms. The lowest BCUT2D eigenvalue weighted by Gasteiger charge is -2.17. The minimum Gasteiger partial charge on any atom is -0.480 e. The second-order valence-electron chi connectivity index (χ2n) is 5.81. The lowest BCUT2D eigenvalue weighted by atomic mass is 10.1. The number of carbonyl (C=O) groups is 3. The number of hydrogen-bond donors (Lipinski definition) is 2. The Bertz CT molecular complexity index is 596. The quantitative estimate of drug-likeness (QED) is 0.558. The van der Waals surface area contributed by atoms with Gasteiger partial charge < -0.3 is 19.9 Å². The summed E-state index contributed by atoms with van der Waals surface area (Å²) in [5.74, 6) is -1.56. The lowest BCUT2D eigenvalue weighted by molar-refractivity contribution is -0.165. The summed E-state index contributed by atoms with van der Waals surface area (Å²) in [5.41, 5.74) is -0.0892. The number of alkyl carbamates (subject to hydrolysis) is 1. The monoisotopic (exact) mass is 335 g/mol. The summed E-state index contributed by atoms with van der Waals surface area (Å²) >= 11 is 0. The van der Waals surface area contributed by atoms with Crippen LogP contribution in [0.2, 0.25) is 0 Å². The Morgan fingerprint density at radius 3 is 2.46 bits per heavy atom. The van der Waals surface area contributed by atoms with Crippen molar-refractivity contribution in [3.63, 3.8) is 0 Å². The van der Waals surface area contributed by atoms with Crippen molar-refractivity contribution in [3.05, 3.63) is 35.9 Å². The van der Waals surface area contributed by atoms with E-state index in [1.165, 1.54) is 6.92 Å². The van der Waals surface area contributed by atoms with Gasteiger partial charge in [-0.15, -0.1) is 0 Å². The first-order chi connectivity index (χ1) is 11.4. The molecule has 130 valence electrons. The number of amides is 1. The summed E-state index contributed by atoms with van der Waals surface area (Å²) < 4.78 is 9.84. The van der Waals surface area contributed by atoms with E-state index in [2.05, 4.69) is 5.32 Å². The lowest BCUT2D eigenvalue weighted by Crippen LogP contribution is -2.44. The van der Waals surface area contributed by atoms with Crippen molar-refractivity contribution in [3.8, 4) is 0 Å². The first-order valence-electron chi connectivity index (χ1n) is 7.87. The Hall–Kier alpha value is -2.57. The van der Waals surface area contributed by atoms with Gasteiger partial charge in [0.25, 0.3) is 0 Å². The van der Waals surface area contributed by atoms with Gasteiger partial charge in [0.2, 0.25) is 6.29 Å². The van der Waals surface area contributed by atoms with E-state index in [9.17, 15) is 14.4 Å². The van der Waals surface area contributed by atoms with Gasteiger partial charge in [-0.2, -0.15) is 0 Å². The van der Waals surface area contributed by atoms with Crippen LogP contribution >= 0.6 is 0 Å². The summed E-state index contributed by atoms with van der Waals surface area (Å²) in [7, 11) is 0. The van der Waals surface area contributed by atoms with Crippen LogP contribution in [-0.2, 0) is 25.5 Å². The highest BCUT2D eigenvalue weighted by atomic mass is 16.7. The third-order valence-electron chi connectivity index (χ3n) is 3.76. The zero-order valence-electron chi connectivity index (χ0n) is 13.5. The fraction of sp³-hybridized carbons (Fsp3) is 0.471. The summed E-state index contributed by atoms with van der Waals surface area (Å²) in [6.07, 6.45) is 0.356. The Kier molecular flexibility index (Phi) is 5.78. The van der Waals surface area contributed by atoms with E-state index in [1.807, 2.05) is 30.3 Å². The SMILES string of the molecule is CC(OC(=O)CCCc1ccccc1)OC(=O)NC1(C(=O)O)CC1. The Morgan fingerprint density at radius 2 is 1.88 bits per heavy atom. The Morgan fingerprint density at radius 1 is 1.21 bits per heavy atom. The summed E-state index contributed by atoms with van der Waals surface area (Å²) in [6.45, 7) is 1.41. The number of hydrogen-bond acceptors (Lipinski definition) is 5. The minimum absolute atomic E-state index is 0.212. The molecule has 1 aliphatic rings. The number of ether oxygens (including phenoxy) is 2. The molecule has 0 radical (unpaired) electrons. The number of nitrogens with one attached hydrogen (secondary N) is 1. The minimum atomic E-state index is -1.23. The van der Waals surface area contributed by atoms with Gasteiger partial charge in [0.1, 0.15) is 5.54 Å². The summed E-state index contributed by atoms with van der Waals surface area (Å²) in [5, 5.41) is 11.3. The zero-order valence-corrected chi connectivity index (χ0v) is 13.5. The molecule has 0 saturated heterocycles. The van der Waals surface area contributed by atoms with Crippen LogP contribution in [0.5, 0.6) is 0 Å². The second kappa shape index (κ2) is 7.81. The maximum atomic E-state index is 11.7. The smallest absolute Gasteiger partial charge is 0.411 e. The molecule has 1 aromatic carbocycles. The molecule has 1 atom stereocenters. The molecule has 1 aromatic rings. The van der Waals surface area contributed by atoms with Crippen LogP contribution in [0.15, 0.2) is 30.3 Å². The fourth-order valence-electron chi connectivity index (χ4n) is 2.24. The molecule has 1 amide bonds. The Labute approximate surface area is 139 Å². The highest BCUT2D eigenvalue weighted by Gasteiger charge is 2.52. The van der Waals surface area contributed by atoms with Crippen molar-refractivity contribution >= 4 is 18.0 Å². The van der Waals surface area contributed by atoms with E-state index in [1.54, 1.807) is 0 Å². The summed E-state index contributed by atoms with van der Waals surface area (Å²) in [6, 6.07) is 9.77. The first kappa shape index (κ1) is 17.8. The largest absolute Gasteiger partial charge is 0.480 e. The predicted molar refractivity (Wildman–Crippen MR) is 84.2 cm³/mol. The molecule has 0 aromatic heterocycles. The molecule has 0 bridgehead atoms. The fourth-order valence-corrected chi connectivity index (χ4v) is 2.24. The van der Waals surface area contributed by atoms with Crippen LogP contribution in [0.1, 0.15) is 38.2 Å². The molecule has 2 N–H and O–H groups in total. The van der Waals surface area contributed by atoms with Gasteiger partial charge in [0, 0.05) is 13.3 Å². The van der Waals surface area contributed by atoms with E-state index in [-0.39, 0.29) is 6.42 Å². The van der Waals surface area contributed by atoms with Crippen LogP contribution in [-0.4, -0.2) is 35.0 Å². The third kappa shape index (κ3) is 5.26. The maximum Gasteiger partial charge on any atom is 0.411 e. The second-order valence-corrected chi connectivity index (χ2v) is 5.81. The molecule has 2 rings (SSSR count). The number of carboxylic acid groups (broad SMARTS) is 1. The predicted octanol–water partition coefficient (Wildman–Crippen LogP) is 2.24. The van der Waals surface area contributed by atoms with Crippen LogP contribution in [0.4, 0.5) is 4.79 Å². The van der Waals surface area contributed by atoms with Crippen molar-refractivity contribution in [1.82, 2.24) is 5.32 Å². The molecule has 1 saturated carbocycles. The van der Waals surface area contributed by atoms with Crippen molar-refractivity contribution in [2.75, 3.05) is 0 Å². The van der Waals surface area contributed by atoms with Crippen molar-refractivity contribution in [2.45, 2.75) is 50.9 Å². The zero-order chi connectivity index (χ0) is 17.6. The van der Waals surface area contributed by atoms with E-state index < -0.39 is 29.9 Å². The third-order valence-corrected chi connectivity index (χ3v) is 3.76. The van der Waals surface area contributed by atoms with E-state index in [0.29, 0.717) is 19.3 Å². The van der Waals surface area contributed by atoms with Crippen molar-refractivity contribution in [1.29, 1.82) is 0 Å². The molecule has 24 heavy (non-hydrogen) atoms. The van der Waals surface area contributed by atoms with Crippen LogP contribution in [0, 0.1) is 0 Å². The van der Waals surface area contributed by atoms with Gasteiger partial charge in [-0.1, -0.05) is 30.3 Å². The molecule has 7 heteroatoms. The molecule has 1 aliphatic carbocycles. The highest BCUT2D eigenvalue weighted by molar-refractivity contribution is 5.87. The molecule has 0 aliphatic heterocycles. The molecular weight excluding hydrogens is 314 g/mol. The number of benzene rings is 1. The number of aryl methyl sites for hydroxylation is 1. The molecule has 1 unspecified atom stereocenters. The average Bonchev–Trinajstić information content (AvgIpc) is 3.28. The molecule has 1 fully saturated rings. The van der Waals surface area contributed by atoms with E-state index in [0.717, 1.165) is 12.0 Å². The van der Waals surface area contributed by atoms with Crippen molar-refractivity contribution in [2.24, 2.45) is 0 Å². The topological polar surface area (TPSA) is 102 Å². The standard InChI is InChI=1S/C17H21NO6/c1-12(24-16(22)18-17(10-11-17)15(20)21)23-14(19)9-5-8-13-6-3-2-4-7-13/h2-4,6-7,12H,5,8-11H2,1H3,(H,18,22)(H,20,21). The van der Waals surface area contributed by atoms with Crippen molar-refractivity contribution < 1.29 is 29.0 Å². The summed E-state index contributed by atoms with van der Waals surface area (Å²) in [4.78, 5) is 34.3. The highest BCUT2D eigenvalue weighted by Crippen LogP contribution is 2.35. The van der Waals surface area contributed by atoms with Crippen LogP contribution in [0.25, 0.3) is 0 Å². The Balaban J connectivity index is 1.64. The van der Waals surface area contributed by atoms with E-state index >= 15 is 0 Å². The van der Waals surface area contributed by atoms with Gasteiger partial charge in [-0.25, -0.2) is 9.59 Å². The van der Waals surface area contributed by atoms with Gasteiger partial charge in [0.05, 0.1) is 0 Å². The van der Waals surface area contributed by atoms with E-state index in [4.69, 9.17) is 14.6 Å². The maximum absolute atomic E-state index is 11.7. The van der Waals surface area contributed by atoms with Gasteiger partial charge >= 0.3 is 18.0 Å². The average molecular weight is 335 g/mol. The number of aliphatic carboxylic acids is 1. The molecular formula is C17H21NO6. The van der Waals surface area contributed by atoms with Gasteiger partial charge in [0.15, 0.2) is 0 Å². The number of carboxylic acids is 1. The van der Waals surface area contributed by atoms with Gasteiger partial charge in [-0.3, -0.25) is 4.79 Å². The number of rotatable bonds is 8. The molecule has 0 heterocycles. The normalized spacial score (nSPS) is 15.9. The molecule has 7 nitrogen and oxygen atoms in total. The van der Waals surface area contributed by atoms with Crippen LogP contribution in [0.3, 0.4) is 0 Å².